The van der Waals surface area contributed by atoms with E-state index in [1.54, 1.807) is 24.0 Å². The van der Waals surface area contributed by atoms with Gasteiger partial charge in [-0.25, -0.2) is 4.98 Å². The number of methoxy groups -OCH3 is 1. The summed E-state index contributed by atoms with van der Waals surface area (Å²) in [7, 11) is 1.59. The Hall–Kier alpha value is -1.29. The SMILES string of the molecule is COc1c(N=C=S)ccc2scnc12. The predicted octanol–water partition coefficient (Wildman–Crippen LogP) is 3.04. The van der Waals surface area contributed by atoms with Gasteiger partial charge in [0.1, 0.15) is 11.2 Å². The van der Waals surface area contributed by atoms with Crippen LogP contribution in [0.1, 0.15) is 0 Å². The quantitative estimate of drug-likeness (QED) is 0.578. The van der Waals surface area contributed by atoms with Crippen LogP contribution in [0.3, 0.4) is 0 Å². The van der Waals surface area contributed by atoms with Crippen molar-refractivity contribution in [2.45, 2.75) is 0 Å². The fraction of sp³-hybridized carbons (Fsp3) is 0.111. The first kappa shape index (κ1) is 9.27. The van der Waals surface area contributed by atoms with E-state index in [0.717, 1.165) is 10.2 Å². The van der Waals surface area contributed by atoms with E-state index in [1.807, 2.05) is 12.1 Å². The third-order valence-electron chi connectivity index (χ3n) is 1.81. The second-order valence-corrected chi connectivity index (χ2v) is 3.59. The maximum atomic E-state index is 5.23. The van der Waals surface area contributed by atoms with Crippen LogP contribution in [0.25, 0.3) is 10.2 Å². The third-order valence-corrected chi connectivity index (χ3v) is 2.69. The molecular formula is C9H6N2OS2. The zero-order chi connectivity index (χ0) is 9.97. The zero-order valence-corrected chi connectivity index (χ0v) is 8.98. The molecule has 14 heavy (non-hydrogen) atoms. The van der Waals surface area contributed by atoms with Crippen molar-refractivity contribution in [3.8, 4) is 5.75 Å². The van der Waals surface area contributed by atoms with Gasteiger partial charge in [0.25, 0.3) is 0 Å². The number of isothiocyanates is 1. The van der Waals surface area contributed by atoms with E-state index in [1.165, 1.54) is 0 Å². The van der Waals surface area contributed by atoms with Gasteiger partial charge in [-0.15, -0.1) is 11.3 Å². The fourth-order valence-electron chi connectivity index (χ4n) is 1.23. The maximum absolute atomic E-state index is 5.23. The highest BCUT2D eigenvalue weighted by Crippen LogP contribution is 2.35. The molecule has 3 nitrogen and oxygen atoms in total. The molecule has 0 atom stereocenters. The lowest BCUT2D eigenvalue weighted by atomic mass is 10.2. The van der Waals surface area contributed by atoms with Gasteiger partial charge in [0.2, 0.25) is 0 Å². The van der Waals surface area contributed by atoms with Crippen molar-refractivity contribution in [2.24, 2.45) is 4.99 Å². The lowest BCUT2D eigenvalue weighted by molar-refractivity contribution is 0.420. The summed E-state index contributed by atoms with van der Waals surface area (Å²) in [4.78, 5) is 8.12. The number of thiazole rings is 1. The topological polar surface area (TPSA) is 34.5 Å². The van der Waals surface area contributed by atoms with Crippen molar-refractivity contribution in [2.75, 3.05) is 7.11 Å². The second-order valence-electron chi connectivity index (χ2n) is 2.52. The molecule has 5 heteroatoms. The van der Waals surface area contributed by atoms with Crippen LogP contribution in [0, 0.1) is 0 Å². The minimum Gasteiger partial charge on any atom is -0.492 e. The first-order valence-electron chi connectivity index (χ1n) is 3.85. The molecule has 70 valence electrons. The summed E-state index contributed by atoms with van der Waals surface area (Å²) in [5, 5.41) is 2.32. The van der Waals surface area contributed by atoms with Gasteiger partial charge in [-0.2, -0.15) is 4.99 Å². The molecule has 1 heterocycles. The molecule has 0 aliphatic carbocycles. The minimum absolute atomic E-state index is 0.654. The van der Waals surface area contributed by atoms with E-state index < -0.39 is 0 Å². The van der Waals surface area contributed by atoms with Crippen LogP contribution in [0.15, 0.2) is 22.6 Å². The third kappa shape index (κ3) is 1.42. The number of hydrogen-bond acceptors (Lipinski definition) is 5. The molecule has 2 aromatic rings. The highest BCUT2D eigenvalue weighted by Gasteiger charge is 2.09. The van der Waals surface area contributed by atoms with Crippen molar-refractivity contribution in [3.05, 3.63) is 17.6 Å². The molecule has 0 amide bonds. The van der Waals surface area contributed by atoms with E-state index in [2.05, 4.69) is 27.4 Å². The average Bonchev–Trinajstić information content (AvgIpc) is 2.66. The molecule has 0 bridgehead atoms. The Bertz CT molecular complexity index is 515. The van der Waals surface area contributed by atoms with Crippen molar-refractivity contribution >= 4 is 44.6 Å². The Morgan fingerprint density at radius 1 is 1.57 bits per heavy atom. The van der Waals surface area contributed by atoms with Crippen LogP contribution in [0.5, 0.6) is 5.75 Å². The number of aliphatic imine (C=N–C) groups is 1. The molecule has 0 aliphatic rings. The molecule has 0 unspecified atom stereocenters. The highest BCUT2D eigenvalue weighted by atomic mass is 32.1. The molecule has 0 spiro atoms. The van der Waals surface area contributed by atoms with E-state index >= 15 is 0 Å². The molecule has 1 aromatic heterocycles. The van der Waals surface area contributed by atoms with Gasteiger partial charge in [-0.1, -0.05) is 0 Å². The summed E-state index contributed by atoms with van der Waals surface area (Å²) < 4.78 is 6.31. The number of thiocarbonyl (C=S) groups is 1. The van der Waals surface area contributed by atoms with Crippen molar-refractivity contribution in [1.82, 2.24) is 4.98 Å². The Kier molecular flexibility index (Phi) is 2.54. The van der Waals surface area contributed by atoms with Gasteiger partial charge in [0.15, 0.2) is 5.75 Å². The summed E-state index contributed by atoms with van der Waals surface area (Å²) >= 11 is 6.12. The van der Waals surface area contributed by atoms with Crippen molar-refractivity contribution in [3.63, 3.8) is 0 Å². The molecule has 2 rings (SSSR count). The van der Waals surface area contributed by atoms with Crippen LogP contribution in [0.2, 0.25) is 0 Å². The van der Waals surface area contributed by atoms with Crippen LogP contribution < -0.4 is 4.74 Å². The zero-order valence-electron chi connectivity index (χ0n) is 7.35. The summed E-state index contributed by atoms with van der Waals surface area (Å²) in [6.07, 6.45) is 0. The molecule has 0 saturated carbocycles. The van der Waals surface area contributed by atoms with E-state index in [9.17, 15) is 0 Å². The second kappa shape index (κ2) is 3.84. The molecular weight excluding hydrogens is 216 g/mol. The van der Waals surface area contributed by atoms with Gasteiger partial charge < -0.3 is 4.74 Å². The van der Waals surface area contributed by atoms with Crippen LogP contribution >= 0.6 is 23.6 Å². The molecule has 0 N–H and O–H groups in total. The average molecular weight is 222 g/mol. The first-order valence-corrected chi connectivity index (χ1v) is 5.13. The normalized spacial score (nSPS) is 9.79. The number of aromatic nitrogens is 1. The van der Waals surface area contributed by atoms with E-state index in [0.29, 0.717) is 11.4 Å². The summed E-state index contributed by atoms with van der Waals surface area (Å²) in [6, 6.07) is 3.79. The van der Waals surface area contributed by atoms with Gasteiger partial charge in [-0.3, -0.25) is 0 Å². The van der Waals surface area contributed by atoms with Gasteiger partial charge in [-0.05, 0) is 24.4 Å². The van der Waals surface area contributed by atoms with Crippen LogP contribution in [-0.4, -0.2) is 17.3 Å². The smallest absolute Gasteiger partial charge is 0.172 e. The lowest BCUT2D eigenvalue weighted by Crippen LogP contribution is -1.84. The van der Waals surface area contributed by atoms with Gasteiger partial charge in [0.05, 0.1) is 22.5 Å². The number of ether oxygens (including phenoxy) is 1. The van der Waals surface area contributed by atoms with E-state index in [-0.39, 0.29) is 0 Å². The largest absolute Gasteiger partial charge is 0.492 e. The highest BCUT2D eigenvalue weighted by molar-refractivity contribution is 7.78. The molecule has 0 aliphatic heterocycles. The Balaban J connectivity index is 2.78. The lowest BCUT2D eigenvalue weighted by Gasteiger charge is -2.02. The molecule has 0 radical (unpaired) electrons. The number of hydrogen-bond donors (Lipinski definition) is 0. The van der Waals surface area contributed by atoms with Crippen LogP contribution in [0.4, 0.5) is 5.69 Å². The molecule has 1 aromatic carbocycles. The number of nitrogens with zero attached hydrogens (tertiary/aromatic N) is 2. The van der Waals surface area contributed by atoms with Crippen molar-refractivity contribution < 1.29 is 4.74 Å². The summed E-state index contributed by atoms with van der Waals surface area (Å²) in [5.74, 6) is 0.654. The number of fused-ring (bicyclic) bond motifs is 1. The van der Waals surface area contributed by atoms with Crippen LogP contribution in [-0.2, 0) is 0 Å². The Morgan fingerprint density at radius 3 is 3.14 bits per heavy atom. The van der Waals surface area contributed by atoms with Gasteiger partial charge in [0, 0.05) is 0 Å². The fourth-order valence-corrected chi connectivity index (χ4v) is 2.01. The monoisotopic (exact) mass is 222 g/mol. The summed E-state index contributed by atoms with van der Waals surface area (Å²) in [5.41, 5.74) is 3.27. The Labute approximate surface area is 90.1 Å². The van der Waals surface area contributed by atoms with E-state index in [4.69, 9.17) is 4.74 Å². The first-order chi connectivity index (χ1) is 6.86. The molecule has 0 saturated heterocycles. The predicted molar refractivity (Wildman–Crippen MR) is 60.9 cm³/mol. The van der Waals surface area contributed by atoms with Crippen molar-refractivity contribution in [1.29, 1.82) is 0 Å². The standard InChI is InChI=1S/C9H6N2OS2/c1-12-9-6(10-4-13)2-3-7-8(9)11-5-14-7/h2-3,5H,1H3. The maximum Gasteiger partial charge on any atom is 0.172 e. The summed E-state index contributed by atoms with van der Waals surface area (Å²) in [6.45, 7) is 0. The van der Waals surface area contributed by atoms with Gasteiger partial charge >= 0.3 is 0 Å². The molecule has 0 fully saturated rings. The Morgan fingerprint density at radius 2 is 2.43 bits per heavy atom. The number of benzene rings is 1. The minimum atomic E-state index is 0.654. The number of rotatable bonds is 2.